The molecule has 33 heavy (non-hydrogen) atoms. The maximum absolute atomic E-state index is 13.0. The van der Waals surface area contributed by atoms with Crippen LogP contribution in [0, 0.1) is 0 Å². The third-order valence-electron chi connectivity index (χ3n) is 4.78. The van der Waals surface area contributed by atoms with Gasteiger partial charge in [-0.05, 0) is 30.9 Å². The van der Waals surface area contributed by atoms with E-state index in [-0.39, 0.29) is 18.6 Å². The third kappa shape index (κ3) is 10.0. The number of aliphatic carboxylic acids is 1. The van der Waals surface area contributed by atoms with E-state index in [9.17, 15) is 29.4 Å². The topological polar surface area (TPSA) is 171 Å². The first-order valence-corrected chi connectivity index (χ1v) is 12.3. The zero-order valence-electron chi connectivity index (χ0n) is 18.6. The summed E-state index contributed by atoms with van der Waals surface area (Å²) >= 11 is 5.41. The first kappa shape index (κ1) is 28.8. The Bertz CT molecular complexity index is 796. The summed E-state index contributed by atoms with van der Waals surface area (Å²) in [6.45, 7) is 1.36. The van der Waals surface area contributed by atoms with Crippen LogP contribution in [0.25, 0.3) is 0 Å². The summed E-state index contributed by atoms with van der Waals surface area (Å²) in [5.41, 5.74) is 6.41. The van der Waals surface area contributed by atoms with Gasteiger partial charge in [0.25, 0.3) is 0 Å². The van der Waals surface area contributed by atoms with E-state index in [1.165, 1.54) is 18.7 Å². The van der Waals surface area contributed by atoms with E-state index < -0.39 is 54.0 Å². The quantitative estimate of drug-likeness (QED) is 0.162. The number of carboxylic acids is 1. The predicted molar refractivity (Wildman–Crippen MR) is 130 cm³/mol. The molecule has 1 aromatic carbocycles. The fraction of sp³-hybridized carbons (Fsp3) is 0.524. The molecule has 0 heterocycles. The van der Waals surface area contributed by atoms with Crippen molar-refractivity contribution in [1.29, 1.82) is 0 Å². The molecule has 10 nitrogen and oxygen atoms in total. The number of carbonyl (C=O) groups is 4. The average molecular weight is 501 g/mol. The number of aliphatic hydroxyl groups excluding tert-OH is 1. The number of hydrogen-bond donors (Lipinski definition) is 7. The van der Waals surface area contributed by atoms with E-state index in [0.29, 0.717) is 5.75 Å². The number of thiol groups is 1. The lowest BCUT2D eigenvalue weighted by Crippen LogP contribution is -2.58. The van der Waals surface area contributed by atoms with Crippen LogP contribution in [0.15, 0.2) is 30.3 Å². The van der Waals surface area contributed by atoms with Gasteiger partial charge < -0.3 is 31.9 Å². The van der Waals surface area contributed by atoms with Crippen LogP contribution in [0.1, 0.15) is 18.9 Å². The summed E-state index contributed by atoms with van der Waals surface area (Å²) in [4.78, 5) is 49.5. The van der Waals surface area contributed by atoms with Crippen LogP contribution in [0.4, 0.5) is 0 Å². The summed E-state index contributed by atoms with van der Waals surface area (Å²) in [5.74, 6) is -2.85. The standard InChI is InChI=1S/C21H32N4O6S2/c1-12(26)17(22)20(29)23-14(8-9-33-2)18(27)24-15(10-13-6-4-3-5-7-13)19(28)25-16(11-32)21(30)31/h3-7,12,14-17,26,32H,8-11,22H2,1-2H3,(H,23,29)(H,24,27)(H,25,28)(H,30,31). The zero-order chi connectivity index (χ0) is 25.0. The molecule has 5 atom stereocenters. The van der Waals surface area contributed by atoms with Crippen molar-refractivity contribution in [3.63, 3.8) is 0 Å². The Morgan fingerprint density at radius 1 is 1.00 bits per heavy atom. The largest absolute Gasteiger partial charge is 0.480 e. The zero-order valence-corrected chi connectivity index (χ0v) is 20.3. The second-order valence-electron chi connectivity index (χ2n) is 7.44. The van der Waals surface area contributed by atoms with Crippen molar-refractivity contribution in [2.45, 2.75) is 50.0 Å². The van der Waals surface area contributed by atoms with Gasteiger partial charge in [0.2, 0.25) is 17.7 Å². The number of nitrogens with one attached hydrogen (secondary N) is 3. The number of rotatable bonds is 14. The Balaban J connectivity index is 3.06. The number of aliphatic hydroxyl groups is 1. The molecular formula is C21H32N4O6S2. The Morgan fingerprint density at radius 2 is 1.55 bits per heavy atom. The fourth-order valence-electron chi connectivity index (χ4n) is 2.78. The average Bonchev–Trinajstić information content (AvgIpc) is 2.78. The van der Waals surface area contributed by atoms with E-state index >= 15 is 0 Å². The number of thioether (sulfide) groups is 1. The van der Waals surface area contributed by atoms with Crippen molar-refractivity contribution < 1.29 is 29.4 Å². The Hall–Kier alpha value is -2.28. The molecule has 0 radical (unpaired) electrons. The lowest BCUT2D eigenvalue weighted by molar-refractivity contribution is -0.141. The summed E-state index contributed by atoms with van der Waals surface area (Å²) in [6, 6.07) is 4.36. The molecule has 7 N–H and O–H groups in total. The number of carbonyl (C=O) groups excluding carboxylic acids is 3. The predicted octanol–water partition coefficient (Wildman–Crippen LogP) is -0.841. The Labute approximate surface area is 202 Å². The van der Waals surface area contributed by atoms with Crippen LogP contribution in [0.5, 0.6) is 0 Å². The molecule has 0 saturated carbocycles. The van der Waals surface area contributed by atoms with Crippen LogP contribution < -0.4 is 21.7 Å². The van der Waals surface area contributed by atoms with E-state index in [1.807, 2.05) is 6.26 Å². The van der Waals surface area contributed by atoms with Gasteiger partial charge in [0, 0.05) is 12.2 Å². The normalized spacial score (nSPS) is 15.4. The molecule has 3 amide bonds. The lowest BCUT2D eigenvalue weighted by Gasteiger charge is -2.25. The Kier molecular flexibility index (Phi) is 12.9. The number of amides is 3. The van der Waals surface area contributed by atoms with Gasteiger partial charge in [-0.15, -0.1) is 0 Å². The molecule has 12 heteroatoms. The molecule has 0 aliphatic rings. The number of nitrogens with two attached hydrogens (primary N) is 1. The van der Waals surface area contributed by atoms with Gasteiger partial charge in [-0.2, -0.15) is 24.4 Å². The van der Waals surface area contributed by atoms with Gasteiger partial charge in [-0.3, -0.25) is 14.4 Å². The lowest BCUT2D eigenvalue weighted by atomic mass is 10.0. The molecule has 1 aromatic rings. The van der Waals surface area contributed by atoms with Crippen LogP contribution >= 0.6 is 24.4 Å². The summed E-state index contributed by atoms with van der Waals surface area (Å²) in [5, 5.41) is 26.3. The van der Waals surface area contributed by atoms with Crippen molar-refractivity contribution in [2.24, 2.45) is 5.73 Å². The Morgan fingerprint density at radius 3 is 2.06 bits per heavy atom. The van der Waals surface area contributed by atoms with Crippen molar-refractivity contribution in [3.8, 4) is 0 Å². The van der Waals surface area contributed by atoms with Crippen molar-refractivity contribution in [1.82, 2.24) is 16.0 Å². The van der Waals surface area contributed by atoms with E-state index in [0.717, 1.165) is 5.56 Å². The maximum Gasteiger partial charge on any atom is 0.327 e. The van der Waals surface area contributed by atoms with E-state index in [4.69, 9.17) is 5.73 Å². The SMILES string of the molecule is CSCCC(NC(=O)C(N)C(C)O)C(=O)NC(Cc1ccccc1)C(=O)NC(CS)C(=O)O. The van der Waals surface area contributed by atoms with E-state index in [2.05, 4.69) is 28.6 Å². The number of carboxylic acid groups (broad SMARTS) is 1. The first-order chi connectivity index (χ1) is 15.6. The monoisotopic (exact) mass is 500 g/mol. The molecule has 0 bridgehead atoms. The van der Waals surface area contributed by atoms with Gasteiger partial charge in [0.05, 0.1) is 6.10 Å². The molecule has 0 aromatic heterocycles. The maximum atomic E-state index is 13.0. The van der Waals surface area contributed by atoms with Crippen LogP contribution in [0.3, 0.4) is 0 Å². The van der Waals surface area contributed by atoms with Crippen LogP contribution in [0.2, 0.25) is 0 Å². The highest BCUT2D eigenvalue weighted by molar-refractivity contribution is 7.98. The highest BCUT2D eigenvalue weighted by Gasteiger charge is 2.30. The summed E-state index contributed by atoms with van der Waals surface area (Å²) < 4.78 is 0. The number of hydrogen-bond acceptors (Lipinski definition) is 8. The molecule has 0 fully saturated rings. The summed E-state index contributed by atoms with van der Waals surface area (Å²) in [7, 11) is 0. The molecule has 5 unspecified atom stereocenters. The minimum absolute atomic E-state index is 0.105. The highest BCUT2D eigenvalue weighted by Crippen LogP contribution is 2.07. The molecule has 0 aliphatic carbocycles. The molecule has 0 saturated heterocycles. The number of benzene rings is 1. The molecular weight excluding hydrogens is 468 g/mol. The van der Waals surface area contributed by atoms with Gasteiger partial charge in [-0.25, -0.2) is 4.79 Å². The molecule has 1 rings (SSSR count). The van der Waals surface area contributed by atoms with E-state index in [1.54, 1.807) is 30.3 Å². The van der Waals surface area contributed by atoms with Gasteiger partial charge in [0.1, 0.15) is 24.2 Å². The fourth-order valence-corrected chi connectivity index (χ4v) is 3.50. The minimum Gasteiger partial charge on any atom is -0.480 e. The van der Waals surface area contributed by atoms with Crippen molar-refractivity contribution in [2.75, 3.05) is 17.8 Å². The third-order valence-corrected chi connectivity index (χ3v) is 5.79. The second kappa shape index (κ2) is 14.8. The van der Waals surface area contributed by atoms with Gasteiger partial charge in [0.15, 0.2) is 0 Å². The van der Waals surface area contributed by atoms with Crippen LogP contribution in [-0.2, 0) is 25.6 Å². The van der Waals surface area contributed by atoms with Crippen molar-refractivity contribution >= 4 is 48.1 Å². The molecule has 0 aliphatic heterocycles. The van der Waals surface area contributed by atoms with Gasteiger partial charge >= 0.3 is 5.97 Å². The van der Waals surface area contributed by atoms with Crippen molar-refractivity contribution in [3.05, 3.63) is 35.9 Å². The first-order valence-electron chi connectivity index (χ1n) is 10.3. The summed E-state index contributed by atoms with van der Waals surface area (Å²) in [6.07, 6.45) is 1.10. The highest BCUT2D eigenvalue weighted by atomic mass is 32.2. The molecule has 0 spiro atoms. The molecule has 184 valence electrons. The minimum atomic E-state index is -1.25. The van der Waals surface area contributed by atoms with Crippen LogP contribution in [-0.4, -0.2) is 81.9 Å². The smallest absolute Gasteiger partial charge is 0.327 e. The van der Waals surface area contributed by atoms with Gasteiger partial charge in [-0.1, -0.05) is 30.3 Å². The second-order valence-corrected chi connectivity index (χ2v) is 8.79.